The standard InChI is InChI=1S/C13H16BF3O3/c1-12(2)7-19-14(20-8-12)11-5-4-9(18-3)6-10(11)13(15,16)17/h4-6H,7-8H2,1-3H3. The number of alkyl halides is 3. The van der Waals surface area contributed by atoms with E-state index in [1.807, 2.05) is 13.8 Å². The quantitative estimate of drug-likeness (QED) is 0.782. The van der Waals surface area contributed by atoms with Crippen LogP contribution in [0.1, 0.15) is 19.4 Å². The van der Waals surface area contributed by atoms with Crippen LogP contribution < -0.4 is 10.2 Å². The summed E-state index contributed by atoms with van der Waals surface area (Å²) in [4.78, 5) is 0. The topological polar surface area (TPSA) is 27.7 Å². The molecule has 1 fully saturated rings. The second-order valence-electron chi connectivity index (χ2n) is 5.57. The zero-order chi connectivity index (χ0) is 15.0. The molecule has 110 valence electrons. The third kappa shape index (κ3) is 3.27. The van der Waals surface area contributed by atoms with E-state index in [1.54, 1.807) is 0 Å². The molecule has 0 aliphatic carbocycles. The zero-order valence-corrected chi connectivity index (χ0v) is 11.6. The highest BCUT2D eigenvalue weighted by Crippen LogP contribution is 2.31. The molecule has 1 heterocycles. The van der Waals surface area contributed by atoms with E-state index < -0.39 is 18.9 Å². The molecule has 0 radical (unpaired) electrons. The molecule has 0 N–H and O–H groups in total. The molecule has 0 amide bonds. The number of benzene rings is 1. The van der Waals surface area contributed by atoms with E-state index in [9.17, 15) is 13.2 Å². The highest BCUT2D eigenvalue weighted by atomic mass is 19.4. The summed E-state index contributed by atoms with van der Waals surface area (Å²) in [6.07, 6.45) is -4.48. The van der Waals surface area contributed by atoms with Crippen LogP contribution in [0, 0.1) is 5.41 Å². The molecule has 0 saturated carbocycles. The zero-order valence-electron chi connectivity index (χ0n) is 11.6. The number of methoxy groups -OCH3 is 1. The average Bonchev–Trinajstić information content (AvgIpc) is 2.37. The van der Waals surface area contributed by atoms with Gasteiger partial charge >= 0.3 is 13.3 Å². The molecule has 0 bridgehead atoms. The van der Waals surface area contributed by atoms with Crippen LogP contribution in [0.3, 0.4) is 0 Å². The first-order chi connectivity index (χ1) is 9.23. The van der Waals surface area contributed by atoms with Gasteiger partial charge in [-0.15, -0.1) is 0 Å². The summed E-state index contributed by atoms with van der Waals surface area (Å²) in [6.45, 7) is 4.56. The second kappa shape index (κ2) is 5.29. The van der Waals surface area contributed by atoms with Crippen molar-refractivity contribution in [2.75, 3.05) is 20.3 Å². The Labute approximate surface area is 116 Å². The lowest BCUT2D eigenvalue weighted by Gasteiger charge is -2.33. The van der Waals surface area contributed by atoms with Gasteiger partial charge in [0.15, 0.2) is 0 Å². The molecule has 1 aromatic carbocycles. The molecule has 0 unspecified atom stereocenters. The van der Waals surface area contributed by atoms with Gasteiger partial charge in [-0.3, -0.25) is 0 Å². The van der Waals surface area contributed by atoms with Gasteiger partial charge in [0.25, 0.3) is 0 Å². The van der Waals surface area contributed by atoms with E-state index in [2.05, 4.69) is 0 Å². The van der Waals surface area contributed by atoms with Gasteiger partial charge in [0.2, 0.25) is 0 Å². The molecule has 0 aromatic heterocycles. The first kappa shape index (κ1) is 15.2. The molecule has 1 saturated heterocycles. The summed E-state index contributed by atoms with van der Waals surface area (Å²) in [7, 11) is 0.330. The van der Waals surface area contributed by atoms with Gasteiger partial charge in [0.1, 0.15) is 5.75 Å². The minimum Gasteiger partial charge on any atom is -0.497 e. The van der Waals surface area contributed by atoms with Crippen LogP contribution in [0.4, 0.5) is 13.2 Å². The molecule has 0 atom stereocenters. The number of ether oxygens (including phenoxy) is 1. The fraction of sp³-hybridized carbons (Fsp3) is 0.538. The van der Waals surface area contributed by atoms with Gasteiger partial charge in [0, 0.05) is 18.6 Å². The monoisotopic (exact) mass is 288 g/mol. The smallest absolute Gasteiger partial charge is 0.494 e. The Balaban J connectivity index is 2.32. The van der Waals surface area contributed by atoms with Crippen molar-refractivity contribution >= 4 is 12.6 Å². The molecule has 1 aliphatic rings. The summed E-state index contributed by atoms with van der Waals surface area (Å²) < 4.78 is 55.0. The van der Waals surface area contributed by atoms with E-state index in [0.29, 0.717) is 13.2 Å². The van der Waals surface area contributed by atoms with Crippen molar-refractivity contribution in [1.82, 2.24) is 0 Å². The Morgan fingerprint density at radius 3 is 2.30 bits per heavy atom. The van der Waals surface area contributed by atoms with Crippen molar-refractivity contribution in [3.63, 3.8) is 0 Å². The van der Waals surface area contributed by atoms with Crippen LogP contribution in [-0.4, -0.2) is 27.4 Å². The summed E-state index contributed by atoms with van der Waals surface area (Å²) in [5, 5.41) is 0. The molecule has 1 aliphatic heterocycles. The van der Waals surface area contributed by atoms with Crippen molar-refractivity contribution in [3.05, 3.63) is 23.8 Å². The van der Waals surface area contributed by atoms with Crippen molar-refractivity contribution in [3.8, 4) is 5.75 Å². The number of hydrogen-bond donors (Lipinski definition) is 0. The van der Waals surface area contributed by atoms with Crippen molar-refractivity contribution < 1.29 is 27.2 Å². The van der Waals surface area contributed by atoms with Crippen LogP contribution >= 0.6 is 0 Å². The Morgan fingerprint density at radius 2 is 1.80 bits per heavy atom. The average molecular weight is 288 g/mol. The second-order valence-corrected chi connectivity index (χ2v) is 5.57. The molecular formula is C13H16BF3O3. The van der Waals surface area contributed by atoms with Crippen LogP contribution in [0.15, 0.2) is 18.2 Å². The van der Waals surface area contributed by atoms with Gasteiger partial charge in [-0.2, -0.15) is 13.2 Å². The maximum atomic E-state index is 13.1. The predicted octanol–water partition coefficient (Wildman–Crippen LogP) is 2.48. The van der Waals surface area contributed by atoms with Crippen LogP contribution in [0.2, 0.25) is 0 Å². The fourth-order valence-electron chi connectivity index (χ4n) is 1.99. The SMILES string of the molecule is COc1ccc(B2OCC(C)(C)CO2)c(C(F)(F)F)c1. The molecule has 1 aromatic rings. The van der Waals surface area contributed by atoms with E-state index in [1.165, 1.54) is 19.2 Å². The lowest BCUT2D eigenvalue weighted by molar-refractivity contribution is -0.137. The summed E-state index contributed by atoms with van der Waals surface area (Å²) in [6, 6.07) is 3.77. The maximum Gasteiger partial charge on any atom is 0.494 e. The summed E-state index contributed by atoms with van der Waals surface area (Å²) >= 11 is 0. The van der Waals surface area contributed by atoms with Gasteiger partial charge in [0.05, 0.1) is 12.7 Å². The predicted molar refractivity (Wildman–Crippen MR) is 69.1 cm³/mol. The van der Waals surface area contributed by atoms with Crippen molar-refractivity contribution in [2.24, 2.45) is 5.41 Å². The summed E-state index contributed by atoms with van der Waals surface area (Å²) in [5.41, 5.74) is -1.00. The first-order valence-corrected chi connectivity index (χ1v) is 6.21. The van der Waals surface area contributed by atoms with Crippen LogP contribution in [0.25, 0.3) is 0 Å². The van der Waals surface area contributed by atoms with Gasteiger partial charge in [-0.05, 0) is 17.6 Å². The van der Waals surface area contributed by atoms with E-state index in [0.717, 1.165) is 6.07 Å². The molecule has 20 heavy (non-hydrogen) atoms. The molecule has 3 nitrogen and oxygen atoms in total. The lowest BCUT2D eigenvalue weighted by atomic mass is 9.73. The molecule has 2 rings (SSSR count). The van der Waals surface area contributed by atoms with Crippen LogP contribution in [0.5, 0.6) is 5.75 Å². The van der Waals surface area contributed by atoms with E-state index in [4.69, 9.17) is 14.0 Å². The lowest BCUT2D eigenvalue weighted by Crippen LogP contribution is -2.49. The fourth-order valence-corrected chi connectivity index (χ4v) is 1.99. The number of hydrogen-bond acceptors (Lipinski definition) is 3. The van der Waals surface area contributed by atoms with Crippen LogP contribution in [-0.2, 0) is 15.5 Å². The summed E-state index contributed by atoms with van der Waals surface area (Å²) in [5.74, 6) is 0.150. The Kier molecular flexibility index (Phi) is 4.02. The van der Waals surface area contributed by atoms with E-state index >= 15 is 0 Å². The highest BCUT2D eigenvalue weighted by molar-refractivity contribution is 6.62. The minimum absolute atomic E-state index is 0.0196. The van der Waals surface area contributed by atoms with E-state index in [-0.39, 0.29) is 16.6 Å². The third-order valence-corrected chi connectivity index (χ3v) is 3.07. The highest BCUT2D eigenvalue weighted by Gasteiger charge is 2.41. The third-order valence-electron chi connectivity index (χ3n) is 3.07. The van der Waals surface area contributed by atoms with Crippen molar-refractivity contribution in [2.45, 2.75) is 20.0 Å². The normalized spacial score (nSPS) is 19.0. The molecule has 0 spiro atoms. The molecule has 7 heteroatoms. The number of halogens is 3. The Hall–Kier alpha value is -1.21. The Bertz CT molecular complexity index is 478. The van der Waals surface area contributed by atoms with Gasteiger partial charge < -0.3 is 14.0 Å². The molecular weight excluding hydrogens is 272 g/mol. The van der Waals surface area contributed by atoms with Crippen molar-refractivity contribution in [1.29, 1.82) is 0 Å². The number of rotatable bonds is 2. The largest absolute Gasteiger partial charge is 0.497 e. The van der Waals surface area contributed by atoms with Gasteiger partial charge in [-0.1, -0.05) is 19.9 Å². The minimum atomic E-state index is -4.48. The first-order valence-electron chi connectivity index (χ1n) is 6.21. The van der Waals surface area contributed by atoms with Gasteiger partial charge in [-0.25, -0.2) is 0 Å². The Morgan fingerprint density at radius 1 is 1.20 bits per heavy atom. The maximum absolute atomic E-state index is 13.1.